The molecule has 1 unspecified atom stereocenters. The van der Waals surface area contributed by atoms with Crippen molar-refractivity contribution < 1.29 is 37.8 Å². The molecule has 1 aliphatic rings. The molecule has 11 heteroatoms. The second kappa shape index (κ2) is 10.3. The van der Waals surface area contributed by atoms with Gasteiger partial charge in [0, 0.05) is 23.9 Å². The van der Waals surface area contributed by atoms with Gasteiger partial charge in [-0.3, -0.25) is 0 Å². The largest absolute Gasteiger partial charge is 0.492 e. The Morgan fingerprint density at radius 1 is 1.17 bits per heavy atom. The van der Waals surface area contributed by atoms with Crippen molar-refractivity contribution >= 4 is 22.7 Å². The summed E-state index contributed by atoms with van der Waals surface area (Å²) in [6.45, 7) is -0.793. The molecule has 186 valence electrons. The van der Waals surface area contributed by atoms with E-state index in [1.807, 2.05) is 29.0 Å². The first-order chi connectivity index (χ1) is 16.7. The minimum absolute atomic E-state index is 0.199. The molecule has 1 aliphatic carbocycles. The zero-order valence-electron chi connectivity index (χ0n) is 18.6. The van der Waals surface area contributed by atoms with Gasteiger partial charge < -0.3 is 24.4 Å². The highest BCUT2D eigenvalue weighted by Gasteiger charge is 2.32. The average Bonchev–Trinajstić information content (AvgIpc) is 3.57. The normalized spacial score (nSPS) is 15.3. The summed E-state index contributed by atoms with van der Waals surface area (Å²) < 4.78 is 49.2. The van der Waals surface area contributed by atoms with E-state index in [2.05, 4.69) is 14.9 Å². The van der Waals surface area contributed by atoms with Crippen LogP contribution in [0.2, 0.25) is 0 Å². The number of alkyl halides is 3. The third-order valence-corrected chi connectivity index (χ3v) is 5.61. The Morgan fingerprint density at radius 2 is 1.91 bits per heavy atom. The van der Waals surface area contributed by atoms with Crippen LogP contribution in [0.25, 0.3) is 11.0 Å². The summed E-state index contributed by atoms with van der Waals surface area (Å²) in [5, 5.41) is 22.8. The molecule has 0 aliphatic heterocycles. The fourth-order valence-corrected chi connectivity index (χ4v) is 3.69. The van der Waals surface area contributed by atoms with E-state index in [0.717, 1.165) is 23.9 Å². The van der Waals surface area contributed by atoms with E-state index < -0.39 is 24.9 Å². The number of rotatable bonds is 11. The van der Waals surface area contributed by atoms with E-state index in [-0.39, 0.29) is 12.3 Å². The van der Waals surface area contributed by atoms with Gasteiger partial charge in [0.05, 0.1) is 12.2 Å². The number of nitrogens with zero attached hydrogens (tertiary/aromatic N) is 3. The first-order valence-corrected chi connectivity index (χ1v) is 11.0. The number of carbonyl (C=O) groups is 1. The van der Waals surface area contributed by atoms with Gasteiger partial charge >= 0.3 is 12.1 Å². The quantitative estimate of drug-likeness (QED) is 0.236. The van der Waals surface area contributed by atoms with E-state index in [4.69, 9.17) is 9.84 Å². The van der Waals surface area contributed by atoms with Crippen molar-refractivity contribution in [3.05, 3.63) is 59.9 Å². The minimum atomic E-state index is -4.60. The summed E-state index contributed by atoms with van der Waals surface area (Å²) in [4.78, 5) is 15.9. The molecular formula is C24H24F3N3O5. The standard InChI is InChI=1S/C24H24F3N3O5/c25-24(26,27)14-35-20(23(31)32)13-15-1-6-18(7-2-15)34-12-11-30-10-9-17-5-8-19(28-22(17)30)21(29-33)16-3-4-16/h1-2,5-10,16,20,33H,3-4,11-14H2,(H,31,32). The highest BCUT2D eigenvalue weighted by Crippen LogP contribution is 2.33. The molecule has 1 aromatic carbocycles. The molecule has 0 amide bonds. The molecule has 35 heavy (non-hydrogen) atoms. The number of carboxylic acid groups (broad SMARTS) is 1. The van der Waals surface area contributed by atoms with E-state index in [1.54, 1.807) is 24.3 Å². The van der Waals surface area contributed by atoms with Crippen LogP contribution < -0.4 is 4.74 Å². The predicted octanol–water partition coefficient (Wildman–Crippen LogP) is 4.28. The average molecular weight is 491 g/mol. The van der Waals surface area contributed by atoms with Gasteiger partial charge in [-0.15, -0.1) is 0 Å². The number of carboxylic acids is 1. The van der Waals surface area contributed by atoms with Gasteiger partial charge in [0.25, 0.3) is 0 Å². The van der Waals surface area contributed by atoms with Crippen molar-refractivity contribution in [3.63, 3.8) is 0 Å². The molecule has 0 saturated heterocycles. The summed E-state index contributed by atoms with van der Waals surface area (Å²) in [7, 11) is 0. The lowest BCUT2D eigenvalue weighted by molar-refractivity contribution is -0.192. The minimum Gasteiger partial charge on any atom is -0.492 e. The highest BCUT2D eigenvalue weighted by atomic mass is 19.4. The van der Waals surface area contributed by atoms with Crippen molar-refractivity contribution in [2.75, 3.05) is 13.2 Å². The second-order valence-electron chi connectivity index (χ2n) is 8.33. The Hall–Kier alpha value is -3.60. The lowest BCUT2D eigenvalue weighted by atomic mass is 10.1. The fraction of sp³-hybridized carbons (Fsp3) is 0.375. The van der Waals surface area contributed by atoms with E-state index in [1.165, 1.54) is 0 Å². The molecule has 0 radical (unpaired) electrons. The first kappa shape index (κ1) is 24.5. The highest BCUT2D eigenvalue weighted by molar-refractivity contribution is 6.02. The lowest BCUT2D eigenvalue weighted by Gasteiger charge is -2.15. The number of ether oxygens (including phenoxy) is 2. The van der Waals surface area contributed by atoms with Crippen LogP contribution in [0.15, 0.2) is 53.8 Å². The molecule has 0 spiro atoms. The third-order valence-electron chi connectivity index (χ3n) is 5.61. The van der Waals surface area contributed by atoms with E-state index in [0.29, 0.717) is 35.9 Å². The summed E-state index contributed by atoms with van der Waals surface area (Å²) in [6, 6.07) is 12.2. The molecule has 8 nitrogen and oxygen atoms in total. The van der Waals surface area contributed by atoms with E-state index >= 15 is 0 Å². The number of hydrogen-bond donors (Lipinski definition) is 2. The number of aromatic nitrogens is 2. The van der Waals surface area contributed by atoms with Gasteiger partial charge in [-0.25, -0.2) is 9.78 Å². The molecule has 1 fully saturated rings. The molecule has 1 saturated carbocycles. The van der Waals surface area contributed by atoms with Crippen LogP contribution in [0.1, 0.15) is 24.1 Å². The van der Waals surface area contributed by atoms with Gasteiger partial charge in [-0.1, -0.05) is 17.3 Å². The third kappa shape index (κ3) is 6.50. The van der Waals surface area contributed by atoms with Crippen LogP contribution in [0, 0.1) is 5.92 Å². The number of aliphatic carboxylic acids is 1. The molecule has 1 atom stereocenters. The summed E-state index contributed by atoms with van der Waals surface area (Å²) in [5.41, 5.74) is 2.52. The van der Waals surface area contributed by atoms with Gasteiger partial charge in [0.1, 0.15) is 30.3 Å². The van der Waals surface area contributed by atoms with Crippen LogP contribution >= 0.6 is 0 Å². The molecule has 2 heterocycles. The summed E-state index contributed by atoms with van der Waals surface area (Å²) >= 11 is 0. The van der Waals surface area contributed by atoms with Crippen molar-refractivity contribution in [1.82, 2.24) is 9.55 Å². The van der Waals surface area contributed by atoms with Gasteiger partial charge in [-0.05, 0) is 48.7 Å². The van der Waals surface area contributed by atoms with Crippen LogP contribution in [0.3, 0.4) is 0 Å². The van der Waals surface area contributed by atoms with Gasteiger partial charge in [0.15, 0.2) is 6.10 Å². The number of pyridine rings is 1. The lowest BCUT2D eigenvalue weighted by Crippen LogP contribution is -2.31. The molecular weight excluding hydrogens is 467 g/mol. The molecule has 2 N–H and O–H groups in total. The SMILES string of the molecule is O=C(O)C(Cc1ccc(OCCn2ccc3ccc(C(=NO)C4CC4)nc32)cc1)OCC(F)(F)F. The Balaban J connectivity index is 1.33. The molecule has 3 aromatic rings. The second-order valence-corrected chi connectivity index (χ2v) is 8.33. The molecule has 4 rings (SSSR count). The summed E-state index contributed by atoms with van der Waals surface area (Å²) in [5.74, 6) is -0.674. The fourth-order valence-electron chi connectivity index (χ4n) is 3.69. The Morgan fingerprint density at radius 3 is 2.54 bits per heavy atom. The zero-order valence-corrected chi connectivity index (χ0v) is 18.6. The predicted molar refractivity (Wildman–Crippen MR) is 120 cm³/mol. The maximum Gasteiger partial charge on any atom is 0.411 e. The van der Waals surface area contributed by atoms with Crippen LogP contribution in [-0.2, 0) is 22.5 Å². The topological polar surface area (TPSA) is 106 Å². The van der Waals surface area contributed by atoms with E-state index in [9.17, 15) is 23.2 Å². The van der Waals surface area contributed by atoms with Crippen molar-refractivity contribution in [3.8, 4) is 5.75 Å². The Bertz CT molecular complexity index is 1200. The van der Waals surface area contributed by atoms with Crippen LogP contribution in [0.5, 0.6) is 5.75 Å². The Labute approximate surface area is 198 Å². The number of hydrogen-bond acceptors (Lipinski definition) is 6. The Kier molecular flexibility index (Phi) is 7.25. The zero-order chi connectivity index (χ0) is 25.0. The number of benzene rings is 1. The van der Waals surface area contributed by atoms with Gasteiger partial charge in [0.2, 0.25) is 0 Å². The maximum atomic E-state index is 12.3. The molecule has 0 bridgehead atoms. The molecule has 2 aromatic heterocycles. The smallest absolute Gasteiger partial charge is 0.411 e. The van der Waals surface area contributed by atoms with Crippen molar-refractivity contribution in [1.29, 1.82) is 0 Å². The van der Waals surface area contributed by atoms with Crippen molar-refractivity contribution in [2.24, 2.45) is 11.1 Å². The van der Waals surface area contributed by atoms with Crippen LogP contribution in [0.4, 0.5) is 13.2 Å². The van der Waals surface area contributed by atoms with Gasteiger partial charge in [-0.2, -0.15) is 13.2 Å². The first-order valence-electron chi connectivity index (χ1n) is 11.0. The van der Waals surface area contributed by atoms with Crippen molar-refractivity contribution in [2.45, 2.75) is 38.1 Å². The summed E-state index contributed by atoms with van der Waals surface area (Å²) in [6.07, 6.45) is -2.52. The monoisotopic (exact) mass is 491 g/mol. The number of halogens is 3. The number of fused-ring (bicyclic) bond motifs is 1. The van der Waals surface area contributed by atoms with Crippen LogP contribution in [-0.4, -0.2) is 57.0 Å². The maximum absolute atomic E-state index is 12.3. The number of oxime groups is 1.